The number of hydrogen-bond acceptors (Lipinski definition) is 4. The first-order chi connectivity index (χ1) is 12.6. The van der Waals surface area contributed by atoms with Crippen molar-refractivity contribution in [1.29, 1.82) is 0 Å². The summed E-state index contributed by atoms with van der Waals surface area (Å²) in [7, 11) is 3.53. The third kappa shape index (κ3) is 6.20. The van der Waals surface area contributed by atoms with Crippen LogP contribution in [0.15, 0.2) is 22.5 Å². The van der Waals surface area contributed by atoms with Crippen LogP contribution in [0.5, 0.6) is 0 Å². The fourth-order valence-corrected chi connectivity index (χ4v) is 4.60. The van der Waals surface area contributed by atoms with E-state index in [-0.39, 0.29) is 17.9 Å². The van der Waals surface area contributed by atoms with Gasteiger partial charge >= 0.3 is 0 Å². The lowest BCUT2D eigenvalue weighted by Crippen LogP contribution is -2.47. The monoisotopic (exact) mass is 396 g/mol. The molecule has 1 aliphatic carbocycles. The van der Waals surface area contributed by atoms with Crippen molar-refractivity contribution in [2.75, 3.05) is 45.7 Å². The molecule has 0 saturated heterocycles. The summed E-state index contributed by atoms with van der Waals surface area (Å²) < 4.78 is 0. The lowest BCUT2D eigenvalue weighted by Gasteiger charge is -2.37. The molecule has 0 atom stereocenters. The molecule has 5 nitrogen and oxygen atoms in total. The van der Waals surface area contributed by atoms with E-state index >= 15 is 0 Å². The molecular weight excluding hydrogens is 364 g/mol. The maximum atomic E-state index is 11.9. The van der Waals surface area contributed by atoms with Crippen LogP contribution in [-0.2, 0) is 10.2 Å². The number of carbonyl (C=O) groups excluding carboxylic acids is 1. The molecular formula is C19H32N4OS2. The minimum absolute atomic E-state index is 0.0154. The summed E-state index contributed by atoms with van der Waals surface area (Å²) in [5.41, 5.74) is 0.194. The number of thiophene rings is 1. The largest absolute Gasteiger partial charge is 0.356 e. The number of hydrogen-bond donors (Lipinski definition) is 2. The van der Waals surface area contributed by atoms with Gasteiger partial charge in [0.15, 0.2) is 5.96 Å². The van der Waals surface area contributed by atoms with E-state index in [0.29, 0.717) is 0 Å². The van der Waals surface area contributed by atoms with Crippen LogP contribution in [0.3, 0.4) is 0 Å². The molecule has 0 spiro atoms. The van der Waals surface area contributed by atoms with E-state index in [9.17, 15) is 4.79 Å². The van der Waals surface area contributed by atoms with Crippen molar-refractivity contribution < 1.29 is 4.79 Å². The van der Waals surface area contributed by atoms with Crippen molar-refractivity contribution in [3.8, 4) is 0 Å². The van der Waals surface area contributed by atoms with Gasteiger partial charge in [0, 0.05) is 43.2 Å². The number of thioether (sulfide) groups is 1. The number of nitrogens with one attached hydrogen (secondary N) is 2. The van der Waals surface area contributed by atoms with Gasteiger partial charge < -0.3 is 15.5 Å². The van der Waals surface area contributed by atoms with E-state index in [2.05, 4.69) is 39.4 Å². The zero-order valence-electron chi connectivity index (χ0n) is 16.2. The molecule has 0 aromatic carbocycles. The number of likely N-dealkylation sites (N-methyl/N-ethyl adjacent to an activating group) is 1. The van der Waals surface area contributed by atoms with Gasteiger partial charge in [0.05, 0.1) is 0 Å². The van der Waals surface area contributed by atoms with Crippen LogP contribution in [0.4, 0.5) is 0 Å². The molecule has 26 heavy (non-hydrogen) atoms. The zero-order valence-corrected chi connectivity index (χ0v) is 17.8. The number of rotatable bonds is 8. The summed E-state index contributed by atoms with van der Waals surface area (Å²) in [6, 6.07) is 4.42. The van der Waals surface area contributed by atoms with Gasteiger partial charge in [0.1, 0.15) is 6.54 Å². The molecule has 146 valence electrons. The molecule has 0 aliphatic heterocycles. The maximum Gasteiger partial charge on any atom is 0.243 e. The first-order valence-electron chi connectivity index (χ1n) is 9.33. The van der Waals surface area contributed by atoms with E-state index in [1.165, 1.54) is 37.0 Å². The van der Waals surface area contributed by atoms with Gasteiger partial charge in [-0.1, -0.05) is 25.3 Å². The Kier molecular flexibility index (Phi) is 8.78. The molecule has 1 amide bonds. The molecule has 1 aliphatic rings. The van der Waals surface area contributed by atoms with Crippen molar-refractivity contribution in [3.05, 3.63) is 22.4 Å². The van der Waals surface area contributed by atoms with E-state index in [1.54, 1.807) is 30.8 Å². The minimum Gasteiger partial charge on any atom is -0.356 e. The van der Waals surface area contributed by atoms with Crippen LogP contribution in [0, 0.1) is 0 Å². The molecule has 2 N–H and O–H groups in total. The first-order valence-corrected chi connectivity index (χ1v) is 11.6. The predicted octanol–water partition coefficient (Wildman–Crippen LogP) is 2.94. The summed E-state index contributed by atoms with van der Waals surface area (Å²) in [4.78, 5) is 19.5. The normalized spacial score (nSPS) is 17.0. The van der Waals surface area contributed by atoms with Gasteiger partial charge in [-0.25, -0.2) is 4.99 Å². The van der Waals surface area contributed by atoms with Gasteiger partial charge in [-0.15, -0.1) is 11.3 Å². The van der Waals surface area contributed by atoms with E-state index in [0.717, 1.165) is 24.8 Å². The molecule has 0 unspecified atom stereocenters. The fourth-order valence-electron chi connectivity index (χ4n) is 3.31. The molecule has 1 fully saturated rings. The SMILES string of the molecule is CSCCNC(=NCC(=O)N(C)C)NCC1(c2cccs2)CCCCC1. The number of guanidine groups is 1. The predicted molar refractivity (Wildman–Crippen MR) is 114 cm³/mol. The van der Waals surface area contributed by atoms with Crippen molar-refractivity contribution >= 4 is 35.0 Å². The van der Waals surface area contributed by atoms with Gasteiger partial charge in [-0.05, 0) is 30.5 Å². The summed E-state index contributed by atoms with van der Waals surface area (Å²) >= 11 is 3.66. The Morgan fingerprint density at radius 1 is 1.31 bits per heavy atom. The van der Waals surface area contributed by atoms with E-state index in [1.807, 2.05) is 11.3 Å². The third-order valence-electron chi connectivity index (χ3n) is 4.92. The van der Waals surface area contributed by atoms with Crippen LogP contribution in [0.1, 0.15) is 37.0 Å². The van der Waals surface area contributed by atoms with Gasteiger partial charge in [-0.3, -0.25) is 4.79 Å². The number of nitrogens with zero attached hydrogens (tertiary/aromatic N) is 2. The lowest BCUT2D eigenvalue weighted by atomic mass is 9.73. The summed E-state index contributed by atoms with van der Waals surface area (Å²) in [5, 5.41) is 9.08. The Morgan fingerprint density at radius 2 is 2.08 bits per heavy atom. The van der Waals surface area contributed by atoms with Gasteiger partial charge in [-0.2, -0.15) is 11.8 Å². The standard InChI is InChI=1S/C19H32N4OS2/c1-23(2)17(24)14-21-18(20-11-13-25-3)22-15-19(9-5-4-6-10-19)16-8-7-12-26-16/h7-8,12H,4-6,9-11,13-15H2,1-3H3,(H2,20,21,22). The molecule has 1 heterocycles. The third-order valence-corrected chi connectivity index (χ3v) is 6.65. The molecule has 7 heteroatoms. The number of carbonyl (C=O) groups is 1. The zero-order chi connectivity index (χ0) is 18.8. The van der Waals surface area contributed by atoms with Crippen LogP contribution >= 0.6 is 23.1 Å². The highest BCUT2D eigenvalue weighted by Crippen LogP contribution is 2.41. The van der Waals surface area contributed by atoms with Crippen molar-refractivity contribution in [1.82, 2.24) is 15.5 Å². The number of aliphatic imine (C=N–C) groups is 1. The van der Waals surface area contributed by atoms with E-state index < -0.39 is 0 Å². The fraction of sp³-hybridized carbons (Fsp3) is 0.684. The smallest absolute Gasteiger partial charge is 0.243 e. The molecule has 1 aromatic rings. The Hall–Kier alpha value is -1.21. The highest BCUT2D eigenvalue weighted by molar-refractivity contribution is 7.98. The topological polar surface area (TPSA) is 56.7 Å². The first kappa shape index (κ1) is 21.1. The summed E-state index contributed by atoms with van der Waals surface area (Å²) in [6.07, 6.45) is 8.42. The van der Waals surface area contributed by atoms with Crippen molar-refractivity contribution in [3.63, 3.8) is 0 Å². The maximum absolute atomic E-state index is 11.9. The minimum atomic E-state index is 0.0154. The Bertz CT molecular complexity index is 566. The highest BCUT2D eigenvalue weighted by Gasteiger charge is 2.34. The van der Waals surface area contributed by atoms with Crippen LogP contribution < -0.4 is 10.6 Å². The van der Waals surface area contributed by atoms with Crippen LogP contribution in [0.2, 0.25) is 0 Å². The van der Waals surface area contributed by atoms with Crippen molar-refractivity contribution in [2.45, 2.75) is 37.5 Å². The average molecular weight is 397 g/mol. The van der Waals surface area contributed by atoms with Gasteiger partial charge in [0.2, 0.25) is 5.91 Å². The Morgan fingerprint density at radius 3 is 2.69 bits per heavy atom. The van der Waals surface area contributed by atoms with E-state index in [4.69, 9.17) is 0 Å². The second kappa shape index (κ2) is 10.8. The van der Waals surface area contributed by atoms with Crippen molar-refractivity contribution in [2.24, 2.45) is 4.99 Å². The number of amides is 1. The molecule has 0 radical (unpaired) electrons. The van der Waals surface area contributed by atoms with Crippen LogP contribution in [0.25, 0.3) is 0 Å². The molecule has 2 rings (SSSR count). The quantitative estimate of drug-likeness (QED) is 0.403. The molecule has 0 bridgehead atoms. The lowest BCUT2D eigenvalue weighted by molar-refractivity contribution is -0.127. The highest BCUT2D eigenvalue weighted by atomic mass is 32.2. The summed E-state index contributed by atoms with van der Waals surface area (Å²) in [6.45, 7) is 1.89. The van der Waals surface area contributed by atoms with Gasteiger partial charge in [0.25, 0.3) is 0 Å². The summed E-state index contributed by atoms with van der Waals surface area (Å²) in [5.74, 6) is 1.77. The second-order valence-corrected chi connectivity index (χ2v) is 8.98. The van der Waals surface area contributed by atoms with Crippen LogP contribution in [-0.4, -0.2) is 62.5 Å². The Balaban J connectivity index is 2.04. The molecule has 1 aromatic heterocycles. The average Bonchev–Trinajstić information content (AvgIpc) is 3.19. The Labute approximate surface area is 166 Å². The second-order valence-electron chi connectivity index (χ2n) is 7.04. The molecule has 1 saturated carbocycles.